The lowest BCUT2D eigenvalue weighted by molar-refractivity contribution is -0.130. The number of halogens is 1. The number of rotatable bonds is 1. The van der Waals surface area contributed by atoms with Crippen molar-refractivity contribution in [1.82, 2.24) is 0 Å². The van der Waals surface area contributed by atoms with Crippen molar-refractivity contribution < 1.29 is 19.1 Å². The summed E-state index contributed by atoms with van der Waals surface area (Å²) in [6.45, 7) is 1.51. The molecule has 0 fully saturated rings. The van der Waals surface area contributed by atoms with E-state index < -0.39 is 11.8 Å². The van der Waals surface area contributed by atoms with Gasteiger partial charge in [-0.1, -0.05) is 5.92 Å². The van der Waals surface area contributed by atoms with E-state index in [1.807, 2.05) is 5.92 Å². The third-order valence-electron chi connectivity index (χ3n) is 1.76. The SMILES string of the molecule is Cc1cc(C=O)c(C#CC(=O)O)cc1F. The highest BCUT2D eigenvalue weighted by Gasteiger charge is 2.04. The zero-order chi connectivity index (χ0) is 11.4. The van der Waals surface area contributed by atoms with Gasteiger partial charge in [-0.05, 0) is 24.6 Å². The smallest absolute Gasteiger partial charge is 0.382 e. The summed E-state index contributed by atoms with van der Waals surface area (Å²) in [5.74, 6) is 2.19. The van der Waals surface area contributed by atoms with E-state index in [0.717, 1.165) is 6.07 Å². The number of carboxylic acid groups (broad SMARTS) is 1. The average Bonchev–Trinajstić information content (AvgIpc) is 2.19. The topological polar surface area (TPSA) is 54.4 Å². The molecule has 0 radical (unpaired) electrons. The predicted molar refractivity (Wildman–Crippen MR) is 51.0 cm³/mol. The molecule has 1 aromatic carbocycles. The molecule has 76 valence electrons. The van der Waals surface area contributed by atoms with Crippen LogP contribution >= 0.6 is 0 Å². The number of carbonyl (C=O) groups is 2. The van der Waals surface area contributed by atoms with Crippen molar-refractivity contribution in [1.29, 1.82) is 0 Å². The van der Waals surface area contributed by atoms with Gasteiger partial charge >= 0.3 is 5.97 Å². The minimum Gasteiger partial charge on any atom is -0.472 e. The summed E-state index contributed by atoms with van der Waals surface area (Å²) in [5, 5.41) is 8.31. The van der Waals surface area contributed by atoms with E-state index >= 15 is 0 Å². The van der Waals surface area contributed by atoms with Gasteiger partial charge in [-0.2, -0.15) is 0 Å². The highest BCUT2D eigenvalue weighted by molar-refractivity contribution is 5.88. The Morgan fingerprint density at radius 3 is 2.73 bits per heavy atom. The van der Waals surface area contributed by atoms with E-state index in [1.165, 1.54) is 13.0 Å². The lowest BCUT2D eigenvalue weighted by atomic mass is 10.1. The summed E-state index contributed by atoms with van der Waals surface area (Å²) < 4.78 is 13.1. The molecule has 0 aromatic heterocycles. The number of carbonyl (C=O) groups excluding carboxylic acids is 1. The Kier molecular flexibility index (Phi) is 3.19. The number of aldehydes is 1. The van der Waals surface area contributed by atoms with Gasteiger partial charge < -0.3 is 5.11 Å². The Morgan fingerprint density at radius 1 is 1.53 bits per heavy atom. The Morgan fingerprint density at radius 2 is 2.20 bits per heavy atom. The van der Waals surface area contributed by atoms with Gasteiger partial charge in [0.05, 0.1) is 0 Å². The molecule has 0 amide bonds. The quantitative estimate of drug-likeness (QED) is 0.558. The molecule has 0 saturated heterocycles. The van der Waals surface area contributed by atoms with E-state index in [1.54, 1.807) is 0 Å². The fourth-order valence-electron chi connectivity index (χ4n) is 1.03. The molecule has 0 atom stereocenters. The monoisotopic (exact) mass is 206 g/mol. The van der Waals surface area contributed by atoms with Crippen molar-refractivity contribution in [2.24, 2.45) is 0 Å². The van der Waals surface area contributed by atoms with Crippen molar-refractivity contribution in [3.8, 4) is 11.8 Å². The standard InChI is InChI=1S/C11H7FO3/c1-7-4-9(6-13)8(5-10(7)12)2-3-11(14)15/h4-6H,1H3,(H,14,15). The molecule has 1 rings (SSSR count). The molecular weight excluding hydrogens is 199 g/mol. The number of aliphatic carboxylic acids is 1. The Balaban J connectivity index is 3.30. The van der Waals surface area contributed by atoms with Crippen LogP contribution in [0.4, 0.5) is 4.39 Å². The van der Waals surface area contributed by atoms with Gasteiger partial charge in [-0.15, -0.1) is 0 Å². The van der Waals surface area contributed by atoms with E-state index in [0.29, 0.717) is 11.8 Å². The van der Waals surface area contributed by atoms with Gasteiger partial charge in [-0.3, -0.25) is 4.79 Å². The summed E-state index contributed by atoms with van der Waals surface area (Å²) in [6.07, 6.45) is 0.512. The molecule has 0 unspecified atom stereocenters. The first-order valence-corrected chi connectivity index (χ1v) is 4.05. The molecule has 0 heterocycles. The van der Waals surface area contributed by atoms with Gasteiger partial charge in [-0.25, -0.2) is 9.18 Å². The summed E-state index contributed by atoms with van der Waals surface area (Å²) in [6, 6.07) is 2.38. The summed E-state index contributed by atoms with van der Waals surface area (Å²) in [5.41, 5.74) is 0.580. The minimum atomic E-state index is -1.33. The second-order valence-corrected chi connectivity index (χ2v) is 2.86. The number of benzene rings is 1. The average molecular weight is 206 g/mol. The van der Waals surface area contributed by atoms with Crippen LogP contribution in [0.25, 0.3) is 0 Å². The molecular formula is C11H7FO3. The molecule has 0 aliphatic heterocycles. The van der Waals surface area contributed by atoms with Crippen LogP contribution in [0.5, 0.6) is 0 Å². The minimum absolute atomic E-state index is 0.0792. The molecule has 15 heavy (non-hydrogen) atoms. The summed E-state index contributed by atoms with van der Waals surface area (Å²) in [4.78, 5) is 20.8. The van der Waals surface area contributed by atoms with Crippen LogP contribution in [0, 0.1) is 24.6 Å². The van der Waals surface area contributed by atoms with Gasteiger partial charge in [0.2, 0.25) is 0 Å². The maximum atomic E-state index is 13.1. The molecule has 3 nitrogen and oxygen atoms in total. The molecule has 1 N–H and O–H groups in total. The van der Waals surface area contributed by atoms with Crippen molar-refractivity contribution in [3.63, 3.8) is 0 Å². The molecule has 0 aliphatic rings. The van der Waals surface area contributed by atoms with E-state index in [4.69, 9.17) is 5.11 Å². The zero-order valence-electron chi connectivity index (χ0n) is 7.87. The molecule has 0 saturated carbocycles. The van der Waals surface area contributed by atoms with Crippen LogP contribution < -0.4 is 0 Å². The van der Waals surface area contributed by atoms with Gasteiger partial charge in [0.25, 0.3) is 0 Å². The van der Waals surface area contributed by atoms with Crippen LogP contribution in [0.15, 0.2) is 12.1 Å². The van der Waals surface area contributed by atoms with Crippen LogP contribution in [0.1, 0.15) is 21.5 Å². The predicted octanol–water partition coefficient (Wildman–Crippen LogP) is 1.38. The molecule has 0 spiro atoms. The molecule has 0 aliphatic carbocycles. The summed E-state index contributed by atoms with van der Waals surface area (Å²) >= 11 is 0. The first kappa shape index (κ1) is 10.9. The highest BCUT2D eigenvalue weighted by atomic mass is 19.1. The second kappa shape index (κ2) is 4.38. The molecule has 1 aromatic rings. The third kappa shape index (κ3) is 2.64. The fourth-order valence-corrected chi connectivity index (χ4v) is 1.03. The maximum absolute atomic E-state index is 13.1. The van der Waals surface area contributed by atoms with Crippen molar-refractivity contribution >= 4 is 12.3 Å². The zero-order valence-corrected chi connectivity index (χ0v) is 7.87. The van der Waals surface area contributed by atoms with Gasteiger partial charge in [0, 0.05) is 17.0 Å². The van der Waals surface area contributed by atoms with Crippen molar-refractivity contribution in [2.75, 3.05) is 0 Å². The first-order chi connectivity index (χ1) is 7.04. The largest absolute Gasteiger partial charge is 0.472 e. The van der Waals surface area contributed by atoms with Crippen molar-refractivity contribution in [2.45, 2.75) is 6.92 Å². The normalized spacial score (nSPS) is 8.93. The molecule has 0 bridgehead atoms. The maximum Gasteiger partial charge on any atom is 0.382 e. The van der Waals surface area contributed by atoms with Gasteiger partial charge in [0.15, 0.2) is 6.29 Å². The van der Waals surface area contributed by atoms with Crippen LogP contribution in [0.3, 0.4) is 0 Å². The third-order valence-corrected chi connectivity index (χ3v) is 1.76. The highest BCUT2D eigenvalue weighted by Crippen LogP contribution is 2.12. The van der Waals surface area contributed by atoms with E-state index in [-0.39, 0.29) is 11.1 Å². The fraction of sp³-hybridized carbons (Fsp3) is 0.0909. The van der Waals surface area contributed by atoms with Crippen LogP contribution in [-0.2, 0) is 4.79 Å². The van der Waals surface area contributed by atoms with Crippen molar-refractivity contribution in [3.05, 3.63) is 34.6 Å². The molecule has 4 heteroatoms. The Hall–Kier alpha value is -2.15. The van der Waals surface area contributed by atoms with Crippen LogP contribution in [-0.4, -0.2) is 17.4 Å². The van der Waals surface area contributed by atoms with Gasteiger partial charge in [0.1, 0.15) is 5.82 Å². The Bertz CT molecular complexity index is 481. The van der Waals surface area contributed by atoms with E-state index in [9.17, 15) is 14.0 Å². The second-order valence-electron chi connectivity index (χ2n) is 2.86. The van der Waals surface area contributed by atoms with E-state index in [2.05, 4.69) is 5.92 Å². The lowest BCUT2D eigenvalue weighted by Crippen LogP contribution is -1.94. The lowest BCUT2D eigenvalue weighted by Gasteiger charge is -2.00. The number of hydrogen-bond acceptors (Lipinski definition) is 2. The van der Waals surface area contributed by atoms with Crippen LogP contribution in [0.2, 0.25) is 0 Å². The summed E-state index contributed by atoms with van der Waals surface area (Å²) in [7, 11) is 0. The Labute approximate surface area is 85.5 Å². The number of hydrogen-bond donors (Lipinski definition) is 1. The number of aryl methyl sites for hydroxylation is 1. The number of carboxylic acids is 1. The first-order valence-electron chi connectivity index (χ1n) is 4.05.